The Hall–Kier alpha value is -2.99. The summed E-state index contributed by atoms with van der Waals surface area (Å²) < 4.78 is 2.13. The first kappa shape index (κ1) is 17.1. The van der Waals surface area contributed by atoms with Gasteiger partial charge in [0.05, 0.1) is 12.7 Å². The SMILES string of the molecule is Cn1ccc(-c2cc(NC(=O)[N+]3(C)Cc4ccncc4C3)ccc2C2CC2)n1. The van der Waals surface area contributed by atoms with E-state index in [-0.39, 0.29) is 6.03 Å². The maximum absolute atomic E-state index is 13.1. The highest BCUT2D eigenvalue weighted by Crippen LogP contribution is 2.45. The molecule has 1 fully saturated rings. The van der Waals surface area contributed by atoms with Gasteiger partial charge in [0.25, 0.3) is 0 Å². The molecule has 1 saturated carbocycles. The summed E-state index contributed by atoms with van der Waals surface area (Å²) in [5.41, 5.74) is 6.59. The number of rotatable bonds is 3. The summed E-state index contributed by atoms with van der Waals surface area (Å²) in [5, 5.41) is 7.72. The number of hydrogen-bond acceptors (Lipinski definition) is 3. The van der Waals surface area contributed by atoms with E-state index in [4.69, 9.17) is 0 Å². The fourth-order valence-electron chi connectivity index (χ4n) is 4.13. The Morgan fingerprint density at radius 1 is 1.18 bits per heavy atom. The average molecular weight is 374 g/mol. The fraction of sp³-hybridized carbons (Fsp3) is 0.318. The fourth-order valence-corrected chi connectivity index (χ4v) is 4.13. The van der Waals surface area contributed by atoms with Gasteiger partial charge in [-0.2, -0.15) is 5.10 Å². The van der Waals surface area contributed by atoms with E-state index in [1.807, 2.05) is 49.4 Å². The monoisotopic (exact) mass is 374 g/mol. The Labute approximate surface area is 164 Å². The number of amides is 2. The van der Waals surface area contributed by atoms with Crippen molar-refractivity contribution in [2.45, 2.75) is 31.8 Å². The average Bonchev–Trinajstić information content (AvgIpc) is 3.33. The highest BCUT2D eigenvalue weighted by atomic mass is 16.2. The van der Waals surface area contributed by atoms with E-state index in [9.17, 15) is 4.79 Å². The number of aryl methyl sites for hydroxylation is 1. The van der Waals surface area contributed by atoms with Gasteiger partial charge < -0.3 is 0 Å². The lowest BCUT2D eigenvalue weighted by Gasteiger charge is -2.26. The molecule has 3 aromatic rings. The Morgan fingerprint density at radius 2 is 2.00 bits per heavy atom. The van der Waals surface area contributed by atoms with Gasteiger partial charge in [0.15, 0.2) is 0 Å². The molecular weight excluding hydrogens is 350 g/mol. The third kappa shape index (κ3) is 2.99. The lowest BCUT2D eigenvalue weighted by Crippen LogP contribution is -2.47. The molecule has 0 spiro atoms. The first-order chi connectivity index (χ1) is 13.5. The maximum Gasteiger partial charge on any atom is 0.421 e. The Kier molecular flexibility index (Phi) is 3.84. The van der Waals surface area contributed by atoms with Crippen molar-refractivity contribution in [2.24, 2.45) is 7.05 Å². The number of nitrogens with one attached hydrogen (secondary N) is 1. The second-order valence-corrected chi connectivity index (χ2v) is 8.24. The van der Waals surface area contributed by atoms with Crippen LogP contribution in [-0.4, -0.2) is 32.3 Å². The number of anilines is 1. The Balaban J connectivity index is 1.42. The quantitative estimate of drug-likeness (QED) is 0.704. The zero-order chi connectivity index (χ0) is 19.3. The molecule has 0 saturated heterocycles. The highest BCUT2D eigenvalue weighted by Gasteiger charge is 2.39. The number of pyridine rings is 1. The van der Waals surface area contributed by atoms with Crippen molar-refractivity contribution in [2.75, 3.05) is 12.4 Å². The third-order valence-electron chi connectivity index (χ3n) is 5.84. The number of fused-ring (bicyclic) bond motifs is 1. The van der Waals surface area contributed by atoms with Crippen LogP contribution in [0.25, 0.3) is 11.3 Å². The van der Waals surface area contributed by atoms with Crippen LogP contribution in [-0.2, 0) is 20.1 Å². The van der Waals surface area contributed by atoms with E-state index in [1.54, 1.807) is 6.20 Å². The lowest BCUT2D eigenvalue weighted by atomic mass is 10.00. The van der Waals surface area contributed by atoms with Crippen molar-refractivity contribution >= 4 is 11.7 Å². The molecule has 3 heterocycles. The first-order valence-electron chi connectivity index (χ1n) is 9.74. The lowest BCUT2D eigenvalue weighted by molar-refractivity contribution is -0.847. The molecule has 5 rings (SSSR count). The smallest absolute Gasteiger partial charge is 0.275 e. The standard InChI is InChI=1S/C22H23N5O/c1-26-10-8-21(25-26)20-11-18(5-6-19(20)15-3-4-15)24-22(28)27(2)13-16-7-9-23-12-17(16)14-27/h5-12,15H,3-4,13-14H2,1-2H3/p+1. The third-order valence-corrected chi connectivity index (χ3v) is 5.84. The molecule has 1 aromatic carbocycles. The van der Waals surface area contributed by atoms with Gasteiger partial charge in [-0.1, -0.05) is 6.07 Å². The second kappa shape index (κ2) is 6.27. The molecule has 0 bridgehead atoms. The molecule has 28 heavy (non-hydrogen) atoms. The van der Waals surface area contributed by atoms with E-state index in [0.717, 1.165) is 22.5 Å². The van der Waals surface area contributed by atoms with E-state index < -0.39 is 0 Å². The molecule has 0 radical (unpaired) electrons. The van der Waals surface area contributed by atoms with Crippen LogP contribution in [0.4, 0.5) is 10.5 Å². The summed E-state index contributed by atoms with van der Waals surface area (Å²) in [5.74, 6) is 0.617. The number of carbonyl (C=O) groups excluding carboxylic acids is 1. The molecule has 6 nitrogen and oxygen atoms in total. The van der Waals surface area contributed by atoms with Crippen LogP contribution < -0.4 is 5.32 Å². The molecule has 2 amide bonds. The van der Waals surface area contributed by atoms with Crippen LogP contribution in [0.2, 0.25) is 0 Å². The Morgan fingerprint density at radius 3 is 2.71 bits per heavy atom. The van der Waals surface area contributed by atoms with Crippen molar-refractivity contribution < 1.29 is 9.28 Å². The van der Waals surface area contributed by atoms with Crippen molar-refractivity contribution in [3.8, 4) is 11.3 Å². The van der Waals surface area contributed by atoms with Crippen molar-refractivity contribution in [1.82, 2.24) is 14.8 Å². The van der Waals surface area contributed by atoms with Crippen molar-refractivity contribution in [3.63, 3.8) is 0 Å². The second-order valence-electron chi connectivity index (χ2n) is 8.24. The zero-order valence-electron chi connectivity index (χ0n) is 16.2. The predicted molar refractivity (Wildman–Crippen MR) is 107 cm³/mol. The van der Waals surface area contributed by atoms with Gasteiger partial charge in [0.1, 0.15) is 13.1 Å². The summed E-state index contributed by atoms with van der Waals surface area (Å²) >= 11 is 0. The summed E-state index contributed by atoms with van der Waals surface area (Å²) in [6.45, 7) is 1.36. The molecule has 2 aromatic heterocycles. The topological polar surface area (TPSA) is 59.8 Å². The van der Waals surface area contributed by atoms with Crippen LogP contribution in [0, 0.1) is 0 Å². The first-order valence-corrected chi connectivity index (χ1v) is 9.74. The van der Waals surface area contributed by atoms with Crippen LogP contribution in [0.1, 0.15) is 35.4 Å². The van der Waals surface area contributed by atoms with Gasteiger partial charge in [0.2, 0.25) is 0 Å². The van der Waals surface area contributed by atoms with E-state index in [1.165, 1.54) is 24.0 Å². The molecular formula is C22H24N5O+. The predicted octanol–water partition coefficient (Wildman–Crippen LogP) is 4.05. The number of aromatic nitrogens is 3. The summed E-state index contributed by atoms with van der Waals surface area (Å²) in [7, 11) is 3.91. The van der Waals surface area contributed by atoms with Gasteiger partial charge in [-0.05, 0) is 48.6 Å². The highest BCUT2D eigenvalue weighted by molar-refractivity contribution is 5.86. The van der Waals surface area contributed by atoms with Gasteiger partial charge >= 0.3 is 6.03 Å². The van der Waals surface area contributed by atoms with E-state index >= 15 is 0 Å². The number of nitrogens with zero attached hydrogens (tertiary/aromatic N) is 4. The largest absolute Gasteiger partial charge is 0.421 e. The Bertz CT molecular complexity index is 1040. The molecule has 1 unspecified atom stereocenters. The van der Waals surface area contributed by atoms with Gasteiger partial charge in [-0.3, -0.25) is 15.0 Å². The molecule has 142 valence electrons. The van der Waals surface area contributed by atoms with Gasteiger partial charge in [-0.15, -0.1) is 0 Å². The number of carbonyl (C=O) groups is 1. The van der Waals surface area contributed by atoms with Crippen LogP contribution >= 0.6 is 0 Å². The molecule has 1 aliphatic carbocycles. The van der Waals surface area contributed by atoms with Crippen LogP contribution in [0.15, 0.2) is 48.9 Å². The zero-order valence-corrected chi connectivity index (χ0v) is 16.2. The van der Waals surface area contributed by atoms with Crippen LogP contribution in [0.5, 0.6) is 0 Å². The van der Waals surface area contributed by atoms with Gasteiger partial charge in [0, 0.05) is 48.0 Å². The molecule has 6 heteroatoms. The summed E-state index contributed by atoms with van der Waals surface area (Å²) in [6.07, 6.45) is 8.08. The molecule has 1 aliphatic heterocycles. The minimum absolute atomic E-state index is 0.00217. The normalized spacial score (nSPS) is 20.8. The van der Waals surface area contributed by atoms with Crippen molar-refractivity contribution in [1.29, 1.82) is 0 Å². The minimum Gasteiger partial charge on any atom is -0.275 e. The van der Waals surface area contributed by atoms with Gasteiger partial charge in [-0.25, -0.2) is 9.28 Å². The van der Waals surface area contributed by atoms with Crippen LogP contribution in [0.3, 0.4) is 0 Å². The van der Waals surface area contributed by atoms with E-state index in [2.05, 4.69) is 27.5 Å². The number of hydrogen-bond donors (Lipinski definition) is 1. The molecule has 1 N–H and O–H groups in total. The van der Waals surface area contributed by atoms with Crippen molar-refractivity contribution in [3.05, 3.63) is 65.6 Å². The number of urea groups is 1. The number of benzene rings is 1. The van der Waals surface area contributed by atoms with E-state index in [0.29, 0.717) is 23.5 Å². The maximum atomic E-state index is 13.1. The minimum atomic E-state index is 0.00217. The molecule has 2 aliphatic rings. The number of quaternary nitrogens is 1. The summed E-state index contributed by atoms with van der Waals surface area (Å²) in [6, 6.07) is 10.3. The molecule has 1 atom stereocenters. The summed E-state index contributed by atoms with van der Waals surface area (Å²) in [4.78, 5) is 17.3.